The second kappa shape index (κ2) is 33.7. The molecule has 0 unspecified atom stereocenters. The summed E-state index contributed by atoms with van der Waals surface area (Å²) in [5.41, 5.74) is 0.835. The summed E-state index contributed by atoms with van der Waals surface area (Å²) >= 11 is 1.11. The van der Waals surface area contributed by atoms with E-state index in [1.807, 2.05) is 55.7 Å². The summed E-state index contributed by atoms with van der Waals surface area (Å²) < 4.78 is 32.0. The topological polar surface area (TPSA) is 375 Å². The van der Waals surface area contributed by atoms with Crippen LogP contribution in [0.15, 0.2) is 60.8 Å². The lowest BCUT2D eigenvalue weighted by atomic mass is 9.83. The van der Waals surface area contributed by atoms with Crippen LogP contribution in [0, 0.1) is 17.0 Å². The van der Waals surface area contributed by atoms with Crippen molar-refractivity contribution in [3.05, 3.63) is 83.7 Å². The van der Waals surface area contributed by atoms with Crippen molar-refractivity contribution < 1.29 is 91.3 Å². The number of aromatic nitrogens is 1. The number of aliphatic carboxylic acids is 3. The van der Waals surface area contributed by atoms with Gasteiger partial charge in [-0.3, -0.25) is 52.7 Å². The van der Waals surface area contributed by atoms with Gasteiger partial charge in [0.1, 0.15) is 35.8 Å². The van der Waals surface area contributed by atoms with Gasteiger partial charge in [-0.2, -0.15) is 11.8 Å². The minimum atomic E-state index is -1.67. The fraction of sp³-hybridized carbons (Fsp3) is 0.491. The molecule has 86 heavy (non-hydrogen) atoms. The van der Waals surface area contributed by atoms with Gasteiger partial charge in [-0.1, -0.05) is 51.1 Å². The maximum Gasteiger partial charge on any atom is 0.333 e. The average molecular weight is 1230 g/mol. The van der Waals surface area contributed by atoms with Gasteiger partial charge in [-0.05, 0) is 68.4 Å². The van der Waals surface area contributed by atoms with Crippen molar-refractivity contribution >= 4 is 88.8 Å². The molecule has 1 aliphatic heterocycles. The van der Waals surface area contributed by atoms with Crippen LogP contribution in [-0.2, 0) is 73.7 Å². The molecule has 468 valence electrons. The first-order valence-electron chi connectivity index (χ1n) is 27.6. The molecule has 0 saturated carbocycles. The zero-order valence-corrected chi connectivity index (χ0v) is 49.1. The Hall–Kier alpha value is -8.76. The zero-order valence-electron chi connectivity index (χ0n) is 48.2. The Balaban J connectivity index is 1.45. The van der Waals surface area contributed by atoms with Gasteiger partial charge in [0, 0.05) is 99.9 Å². The van der Waals surface area contributed by atoms with Gasteiger partial charge >= 0.3 is 23.9 Å². The van der Waals surface area contributed by atoms with E-state index in [4.69, 9.17) is 9.94 Å². The van der Waals surface area contributed by atoms with Crippen molar-refractivity contribution in [1.29, 1.82) is 0 Å². The minimum absolute atomic E-state index is 0.0370. The van der Waals surface area contributed by atoms with Gasteiger partial charge in [-0.15, -0.1) is 5.06 Å². The quantitative estimate of drug-likeness (QED) is 0.0302. The van der Waals surface area contributed by atoms with Crippen LogP contribution in [0.3, 0.4) is 0 Å². The van der Waals surface area contributed by atoms with Gasteiger partial charge in [0.15, 0.2) is 0 Å². The molecular weight excluding hydrogens is 1150 g/mol. The Morgan fingerprint density at radius 1 is 0.698 bits per heavy atom. The monoisotopic (exact) mass is 1230 g/mol. The highest BCUT2D eigenvalue weighted by molar-refractivity contribution is 7.99. The van der Waals surface area contributed by atoms with Crippen LogP contribution < -0.4 is 31.9 Å². The van der Waals surface area contributed by atoms with Gasteiger partial charge in [0.2, 0.25) is 41.4 Å². The summed E-state index contributed by atoms with van der Waals surface area (Å²) in [5, 5.41) is 42.8. The number of carboxylic acids is 3. The number of imide groups is 1. The lowest BCUT2D eigenvalue weighted by molar-refractivity contribution is -0.197. The molecule has 2 aromatic carbocycles. The van der Waals surface area contributed by atoms with Crippen LogP contribution in [0.5, 0.6) is 0 Å². The summed E-state index contributed by atoms with van der Waals surface area (Å²) in [6.45, 7) is 7.99. The third-order valence-corrected chi connectivity index (χ3v) is 14.1. The second-order valence-electron chi connectivity index (χ2n) is 21.3. The second-order valence-corrected chi connectivity index (χ2v) is 22.4. The Morgan fingerprint density at radius 2 is 1.35 bits per heavy atom. The van der Waals surface area contributed by atoms with E-state index in [1.54, 1.807) is 17.2 Å². The molecule has 9 amide bonds. The van der Waals surface area contributed by atoms with Crippen LogP contribution in [0.4, 0.5) is 8.78 Å². The van der Waals surface area contributed by atoms with E-state index in [0.717, 1.165) is 35.5 Å². The largest absolute Gasteiger partial charge is 0.481 e. The first-order valence-corrected chi connectivity index (χ1v) is 28.7. The highest BCUT2D eigenvalue weighted by Crippen LogP contribution is 2.41. The maximum absolute atomic E-state index is 15.5. The summed E-state index contributed by atoms with van der Waals surface area (Å²) in [5.74, 6) is -12.9. The van der Waals surface area contributed by atoms with E-state index in [0.29, 0.717) is 16.3 Å². The summed E-state index contributed by atoms with van der Waals surface area (Å²) in [4.78, 5) is 168. The Kier molecular flexibility index (Phi) is 27.3. The predicted octanol–water partition coefficient (Wildman–Crippen LogP) is 2.71. The molecule has 5 atom stereocenters. The summed E-state index contributed by atoms with van der Waals surface area (Å²) in [7, 11) is 0. The van der Waals surface area contributed by atoms with Gasteiger partial charge in [0.05, 0.1) is 18.2 Å². The van der Waals surface area contributed by atoms with Crippen molar-refractivity contribution in [3.8, 4) is 11.1 Å². The molecule has 2 heterocycles. The first-order chi connectivity index (χ1) is 40.5. The number of amides is 9. The molecule has 1 fully saturated rings. The highest BCUT2D eigenvalue weighted by Gasteiger charge is 2.38. The van der Waals surface area contributed by atoms with Crippen molar-refractivity contribution in [2.75, 3.05) is 31.1 Å². The summed E-state index contributed by atoms with van der Waals surface area (Å²) in [6, 6.07) is 7.44. The molecule has 29 heteroatoms. The molecule has 9 N–H and O–H groups in total. The van der Waals surface area contributed by atoms with E-state index < -0.39 is 137 Å². The van der Waals surface area contributed by atoms with Crippen LogP contribution in [-0.4, -0.2) is 162 Å². The molecular formula is C57H73F2N9O17S. The van der Waals surface area contributed by atoms with E-state index >= 15 is 4.39 Å². The number of benzene rings is 2. The molecule has 0 spiro atoms. The number of carboxylic acid groups (broad SMARTS) is 3. The van der Waals surface area contributed by atoms with Crippen LogP contribution >= 0.6 is 11.8 Å². The van der Waals surface area contributed by atoms with E-state index in [-0.39, 0.29) is 101 Å². The number of thioether (sulfide) groups is 1. The number of hydrogen-bond acceptors (Lipinski definition) is 15. The van der Waals surface area contributed by atoms with Gasteiger partial charge < -0.3 is 61.5 Å². The van der Waals surface area contributed by atoms with E-state index in [2.05, 4.69) is 31.9 Å². The van der Waals surface area contributed by atoms with Crippen LogP contribution in [0.25, 0.3) is 11.1 Å². The van der Waals surface area contributed by atoms with Gasteiger partial charge in [0.25, 0.3) is 11.8 Å². The number of carbonyl (C=O) groups is 13. The molecule has 3 aromatic rings. The number of carbonyl (C=O) groups excluding carboxylic acids is 10. The molecule has 1 aliphatic rings. The molecule has 0 radical (unpaired) electrons. The standard InChI is InChI=1S/C57H73F2N9O17S/c1-33(62-44(70)13-9-14-51(79)85-68-46(72)18-19-47(68)73)53(80)63-34(2)54(81)65-41(29-50(77)78)55(82)61-23-10-25-67(48(74)32-86-26-22-43(69)60-24-21-45(71)64-40(56(83)84)17-20-49(75)76)52(57(3,4)5)42-27-36(38-28-37(58)15-16-39(38)59)31-66(42)30-35-11-7-6-8-12-35/h6-8,11-12,15-16,27-28,31,33-34,40-41,52H,9-10,13-14,17-26,29-30,32H2,1-5H3,(H,60,69)(H,61,82)(H,62,70)(H,63,80)(H,64,71)(H,65,81)(H,75,76)(H,77,78)(H,83,84)/t33-,34+,40-,41-,52-/m0/s1. The highest BCUT2D eigenvalue weighted by atomic mass is 32.2. The average Bonchev–Trinajstić information content (AvgIpc) is 1.88. The number of nitrogens with one attached hydrogen (secondary N) is 6. The lowest BCUT2D eigenvalue weighted by Gasteiger charge is -2.41. The van der Waals surface area contributed by atoms with Crippen LogP contribution in [0.2, 0.25) is 0 Å². The molecule has 0 aliphatic carbocycles. The number of nitrogens with zero attached hydrogens (tertiary/aromatic N) is 3. The number of hydroxylamine groups is 2. The maximum atomic E-state index is 15.5. The fourth-order valence-electron chi connectivity index (χ4n) is 8.86. The zero-order chi connectivity index (χ0) is 63.8. The third kappa shape index (κ3) is 23.0. The van der Waals surface area contributed by atoms with Crippen molar-refractivity contribution in [1.82, 2.24) is 46.4 Å². The smallest absolute Gasteiger partial charge is 0.333 e. The predicted molar refractivity (Wildman–Crippen MR) is 303 cm³/mol. The fourth-order valence-corrected chi connectivity index (χ4v) is 9.67. The molecule has 0 bridgehead atoms. The Morgan fingerprint density at radius 3 is 1.99 bits per heavy atom. The van der Waals surface area contributed by atoms with Crippen LogP contribution in [0.1, 0.15) is 123 Å². The molecule has 26 nitrogen and oxygen atoms in total. The molecule has 1 aromatic heterocycles. The minimum Gasteiger partial charge on any atom is -0.481 e. The third-order valence-electron chi connectivity index (χ3n) is 13.1. The SMILES string of the molecule is C[C@H](NC(=O)CCCC(=O)ON1C(=O)CCC1=O)C(=O)N[C@H](C)C(=O)N[C@@H](CC(=O)O)C(=O)NCCCN(C(=O)CSCCC(=O)NCCC(=O)N[C@@H](CCC(=O)O)C(=O)O)[C@@H](c1cc(-c2cc(F)ccc2F)cn1Cc1ccccc1)C(C)(C)C. The number of hydrogen-bond donors (Lipinski definition) is 9. The molecule has 4 rings (SSSR count). The lowest BCUT2D eigenvalue weighted by Crippen LogP contribution is -2.55. The van der Waals surface area contributed by atoms with Crippen molar-refractivity contribution in [3.63, 3.8) is 0 Å². The molecule has 1 saturated heterocycles. The van der Waals surface area contributed by atoms with E-state index in [9.17, 15) is 76.9 Å². The Labute approximate surface area is 498 Å². The number of rotatable bonds is 35. The normalized spacial score (nSPS) is 13.9. The first kappa shape index (κ1) is 69.7. The number of halogens is 2. The summed E-state index contributed by atoms with van der Waals surface area (Å²) in [6.07, 6.45) is -1.29. The van der Waals surface area contributed by atoms with Crippen molar-refractivity contribution in [2.24, 2.45) is 5.41 Å². The van der Waals surface area contributed by atoms with Gasteiger partial charge in [-0.25, -0.2) is 18.4 Å². The Bertz CT molecular complexity index is 2960. The van der Waals surface area contributed by atoms with Crippen molar-refractivity contribution in [2.45, 2.75) is 142 Å². The van der Waals surface area contributed by atoms with E-state index in [1.165, 1.54) is 13.8 Å².